The average molecular weight is 156 g/mol. The number of cyclic esters (lactones) is 1. The lowest BCUT2D eigenvalue weighted by molar-refractivity contribution is -0.150. The number of ether oxygens (including phenoxy) is 1. The summed E-state index contributed by atoms with van der Waals surface area (Å²) in [6.07, 6.45) is 0. The predicted molar refractivity (Wildman–Crippen MR) is 38.9 cm³/mol. The van der Waals surface area contributed by atoms with E-state index in [1.54, 1.807) is 6.92 Å². The van der Waals surface area contributed by atoms with Gasteiger partial charge in [0.2, 0.25) is 0 Å². The van der Waals surface area contributed by atoms with E-state index in [0.717, 1.165) is 0 Å². The van der Waals surface area contributed by atoms with Gasteiger partial charge in [0.1, 0.15) is 11.2 Å². The molecular weight excluding hydrogens is 144 g/mol. The van der Waals surface area contributed by atoms with Crippen molar-refractivity contribution in [3.8, 4) is 0 Å². The molecule has 62 valence electrons. The molecule has 3 heteroatoms. The Balaban J connectivity index is 2.98. The molecule has 2 atom stereocenters. The minimum absolute atomic E-state index is 0.00694. The third kappa shape index (κ3) is 0.951. The zero-order chi connectivity index (χ0) is 8.65. The maximum atomic E-state index is 11.1. The molecule has 1 fully saturated rings. The molecule has 0 unspecified atom stereocenters. The fourth-order valence-electron chi connectivity index (χ4n) is 1.21. The summed E-state index contributed by atoms with van der Waals surface area (Å²) in [5.74, 6) is -0.475. The second kappa shape index (κ2) is 2.32. The summed E-state index contributed by atoms with van der Waals surface area (Å²) in [5.41, 5.74) is -0.889. The molecule has 3 nitrogen and oxygen atoms in total. The molecule has 1 heterocycles. The zero-order valence-corrected chi connectivity index (χ0v) is 7.01. The van der Waals surface area contributed by atoms with Crippen LogP contribution >= 0.6 is 0 Å². The Labute approximate surface area is 65.7 Å². The Morgan fingerprint density at radius 1 is 1.73 bits per heavy atom. The van der Waals surface area contributed by atoms with Crippen LogP contribution in [-0.4, -0.2) is 18.4 Å². The first-order chi connectivity index (χ1) is 4.99. The smallest absolute Gasteiger partial charge is 0.319 e. The van der Waals surface area contributed by atoms with E-state index in [9.17, 15) is 9.59 Å². The Hall–Kier alpha value is -0.860. The first-order valence-electron chi connectivity index (χ1n) is 3.68. The van der Waals surface area contributed by atoms with Gasteiger partial charge in [-0.25, -0.2) is 0 Å². The van der Waals surface area contributed by atoms with Crippen LogP contribution < -0.4 is 0 Å². The Morgan fingerprint density at radius 2 is 2.27 bits per heavy atom. The van der Waals surface area contributed by atoms with Gasteiger partial charge in [0, 0.05) is 5.92 Å². The van der Waals surface area contributed by atoms with Crippen molar-refractivity contribution in [2.75, 3.05) is 6.61 Å². The summed E-state index contributed by atoms with van der Waals surface area (Å²) >= 11 is 0. The predicted octanol–water partition coefficient (Wildman–Crippen LogP) is 0.775. The summed E-state index contributed by atoms with van der Waals surface area (Å²) in [7, 11) is 0. The number of carbonyl (C=O) groups is 2. The third-order valence-corrected chi connectivity index (χ3v) is 2.61. The van der Waals surface area contributed by atoms with Crippen molar-refractivity contribution in [2.45, 2.75) is 20.8 Å². The van der Waals surface area contributed by atoms with E-state index in [4.69, 9.17) is 4.74 Å². The molecule has 0 spiro atoms. The van der Waals surface area contributed by atoms with Crippen LogP contribution in [0.3, 0.4) is 0 Å². The SMILES string of the molecule is CC(=O)[C@]1(C)C(=O)OC[C@H]1C. The molecule has 11 heavy (non-hydrogen) atoms. The van der Waals surface area contributed by atoms with Crippen LogP contribution in [0.5, 0.6) is 0 Å². The summed E-state index contributed by atoms with van der Waals surface area (Å²) in [6.45, 7) is 5.31. The summed E-state index contributed by atoms with van der Waals surface area (Å²) in [4.78, 5) is 22.2. The van der Waals surface area contributed by atoms with Crippen molar-refractivity contribution in [3.63, 3.8) is 0 Å². The number of Topliss-reactive ketones (excluding diaryl/α,β-unsaturated/α-hetero) is 1. The van der Waals surface area contributed by atoms with Crippen molar-refractivity contribution < 1.29 is 14.3 Å². The molecule has 1 saturated heterocycles. The second-order valence-electron chi connectivity index (χ2n) is 3.26. The lowest BCUT2D eigenvalue weighted by Gasteiger charge is -2.19. The van der Waals surface area contributed by atoms with Crippen molar-refractivity contribution in [2.24, 2.45) is 11.3 Å². The van der Waals surface area contributed by atoms with Gasteiger partial charge in [-0.2, -0.15) is 0 Å². The Bertz CT molecular complexity index is 209. The van der Waals surface area contributed by atoms with E-state index in [-0.39, 0.29) is 17.7 Å². The summed E-state index contributed by atoms with van der Waals surface area (Å²) in [5, 5.41) is 0. The van der Waals surface area contributed by atoms with Crippen molar-refractivity contribution >= 4 is 11.8 Å². The lowest BCUT2D eigenvalue weighted by Crippen LogP contribution is -2.35. The molecule has 0 aromatic heterocycles. The van der Waals surface area contributed by atoms with Crippen molar-refractivity contribution in [1.29, 1.82) is 0 Å². The van der Waals surface area contributed by atoms with E-state index in [0.29, 0.717) is 6.61 Å². The minimum Gasteiger partial charge on any atom is -0.465 e. The van der Waals surface area contributed by atoms with E-state index >= 15 is 0 Å². The van der Waals surface area contributed by atoms with Gasteiger partial charge < -0.3 is 4.74 Å². The Kier molecular flexibility index (Phi) is 1.74. The standard InChI is InChI=1S/C8H12O3/c1-5-4-11-7(10)8(5,3)6(2)9/h5H,4H2,1-3H3/t5-,8-/m1/s1. The molecule has 0 aromatic carbocycles. The molecule has 0 aliphatic carbocycles. The van der Waals surface area contributed by atoms with Crippen molar-refractivity contribution in [1.82, 2.24) is 0 Å². The molecular formula is C8H12O3. The van der Waals surface area contributed by atoms with Crippen LogP contribution in [0.2, 0.25) is 0 Å². The maximum Gasteiger partial charge on any atom is 0.319 e. The third-order valence-electron chi connectivity index (χ3n) is 2.61. The van der Waals surface area contributed by atoms with Gasteiger partial charge >= 0.3 is 5.97 Å². The van der Waals surface area contributed by atoms with Gasteiger partial charge in [-0.15, -0.1) is 0 Å². The largest absolute Gasteiger partial charge is 0.465 e. The number of rotatable bonds is 1. The quantitative estimate of drug-likeness (QED) is 0.416. The fraction of sp³-hybridized carbons (Fsp3) is 0.750. The van der Waals surface area contributed by atoms with Gasteiger partial charge in [0.15, 0.2) is 0 Å². The topological polar surface area (TPSA) is 43.4 Å². The molecule has 0 saturated carbocycles. The van der Waals surface area contributed by atoms with Crippen LogP contribution in [0.1, 0.15) is 20.8 Å². The van der Waals surface area contributed by atoms with Crippen LogP contribution in [0.15, 0.2) is 0 Å². The summed E-state index contributed by atoms with van der Waals surface area (Å²) < 4.78 is 4.78. The maximum absolute atomic E-state index is 11.1. The fourth-order valence-corrected chi connectivity index (χ4v) is 1.21. The van der Waals surface area contributed by atoms with Crippen LogP contribution in [-0.2, 0) is 14.3 Å². The monoisotopic (exact) mass is 156 g/mol. The highest BCUT2D eigenvalue weighted by Gasteiger charge is 2.49. The van der Waals surface area contributed by atoms with Gasteiger partial charge in [0.05, 0.1) is 6.61 Å². The first kappa shape index (κ1) is 8.24. The van der Waals surface area contributed by atoms with Gasteiger partial charge in [-0.05, 0) is 13.8 Å². The normalized spacial score (nSPS) is 37.0. The number of ketones is 1. The number of esters is 1. The highest BCUT2D eigenvalue weighted by Crippen LogP contribution is 2.35. The minimum atomic E-state index is -0.889. The summed E-state index contributed by atoms with van der Waals surface area (Å²) in [6, 6.07) is 0. The number of carbonyl (C=O) groups excluding carboxylic acids is 2. The highest BCUT2D eigenvalue weighted by molar-refractivity contribution is 6.03. The molecule has 0 N–H and O–H groups in total. The van der Waals surface area contributed by atoms with E-state index < -0.39 is 5.41 Å². The van der Waals surface area contributed by atoms with E-state index in [1.807, 2.05) is 6.92 Å². The van der Waals surface area contributed by atoms with Gasteiger partial charge in [0.25, 0.3) is 0 Å². The van der Waals surface area contributed by atoms with Crippen molar-refractivity contribution in [3.05, 3.63) is 0 Å². The molecule has 0 radical (unpaired) electrons. The number of hydrogen-bond acceptors (Lipinski definition) is 3. The van der Waals surface area contributed by atoms with Crippen LogP contribution in [0, 0.1) is 11.3 Å². The molecule has 0 aromatic rings. The van der Waals surface area contributed by atoms with Crippen LogP contribution in [0.4, 0.5) is 0 Å². The van der Waals surface area contributed by atoms with E-state index in [2.05, 4.69) is 0 Å². The average Bonchev–Trinajstić information content (AvgIpc) is 2.18. The highest BCUT2D eigenvalue weighted by atomic mass is 16.5. The first-order valence-corrected chi connectivity index (χ1v) is 3.68. The lowest BCUT2D eigenvalue weighted by atomic mass is 9.77. The molecule has 0 bridgehead atoms. The van der Waals surface area contributed by atoms with Gasteiger partial charge in [-0.3, -0.25) is 9.59 Å². The molecule has 1 rings (SSSR count). The molecule has 0 amide bonds. The zero-order valence-electron chi connectivity index (χ0n) is 7.01. The second-order valence-corrected chi connectivity index (χ2v) is 3.26. The van der Waals surface area contributed by atoms with Gasteiger partial charge in [-0.1, -0.05) is 6.92 Å². The van der Waals surface area contributed by atoms with Crippen LogP contribution in [0.25, 0.3) is 0 Å². The molecule has 1 aliphatic rings. The molecule has 1 aliphatic heterocycles. The van der Waals surface area contributed by atoms with E-state index in [1.165, 1.54) is 6.92 Å². The Morgan fingerprint density at radius 3 is 2.45 bits per heavy atom. The number of hydrogen-bond donors (Lipinski definition) is 0.